The van der Waals surface area contributed by atoms with Crippen LogP contribution in [0.1, 0.15) is 0 Å². The molecule has 3 N–H and O–H groups in total. The number of rotatable bonds is 5. The molecule has 0 amide bonds. The molecule has 0 spiro atoms. The van der Waals surface area contributed by atoms with Crippen molar-refractivity contribution in [2.45, 2.75) is 0 Å². The lowest BCUT2D eigenvalue weighted by atomic mass is 10.1. The van der Waals surface area contributed by atoms with Gasteiger partial charge in [-0.3, -0.25) is 10.2 Å². The number of methoxy groups -OCH3 is 1. The van der Waals surface area contributed by atoms with Crippen molar-refractivity contribution in [3.8, 4) is 28.3 Å². The number of benzene rings is 1. The average molecular weight is 373 g/mol. The summed E-state index contributed by atoms with van der Waals surface area (Å²) in [6.07, 6.45) is 6.48. The highest BCUT2D eigenvalue weighted by Crippen LogP contribution is 2.35. The van der Waals surface area contributed by atoms with Gasteiger partial charge in [0.25, 0.3) is 0 Å². The first kappa shape index (κ1) is 16.1. The van der Waals surface area contributed by atoms with Gasteiger partial charge in [0.1, 0.15) is 17.9 Å². The number of H-pyrrole nitrogens is 2. The van der Waals surface area contributed by atoms with Crippen molar-refractivity contribution in [3.05, 3.63) is 55.4 Å². The van der Waals surface area contributed by atoms with E-state index in [0.29, 0.717) is 17.2 Å². The summed E-state index contributed by atoms with van der Waals surface area (Å²) in [5, 5.41) is 18.3. The number of hydrogen-bond donors (Lipinski definition) is 3. The molecule has 0 unspecified atom stereocenters. The lowest BCUT2D eigenvalue weighted by Gasteiger charge is -2.13. The minimum absolute atomic E-state index is 0.548. The van der Waals surface area contributed by atoms with Crippen molar-refractivity contribution in [2.24, 2.45) is 0 Å². The molecule has 138 valence electrons. The highest BCUT2D eigenvalue weighted by atomic mass is 16.5. The van der Waals surface area contributed by atoms with E-state index in [9.17, 15) is 0 Å². The Labute approximate surface area is 158 Å². The van der Waals surface area contributed by atoms with Gasteiger partial charge in [-0.2, -0.15) is 10.2 Å². The van der Waals surface area contributed by atoms with E-state index in [0.717, 1.165) is 33.6 Å². The summed E-state index contributed by atoms with van der Waals surface area (Å²) in [6.45, 7) is 0. The second-order valence-electron chi connectivity index (χ2n) is 6.04. The Bertz CT molecular complexity index is 1230. The van der Waals surface area contributed by atoms with E-state index in [-0.39, 0.29) is 0 Å². The normalized spacial score (nSPS) is 11.0. The van der Waals surface area contributed by atoms with Gasteiger partial charge < -0.3 is 14.5 Å². The van der Waals surface area contributed by atoms with Crippen LogP contribution in [0.2, 0.25) is 0 Å². The molecule has 5 aromatic rings. The summed E-state index contributed by atoms with van der Waals surface area (Å²) < 4.78 is 10.7. The number of aromatic amines is 2. The van der Waals surface area contributed by atoms with Gasteiger partial charge in [-0.05, 0) is 29.8 Å². The molecule has 4 aromatic heterocycles. The van der Waals surface area contributed by atoms with E-state index in [1.54, 1.807) is 25.8 Å². The zero-order valence-electron chi connectivity index (χ0n) is 14.8. The standard InChI is InChI=1S/C19H15N7O2/c1-27-15-3-2-11(12-5-7-28-9-12)8-14(15)23-18-16-17(13-4-6-22-24-13)25-26-19(16)21-10-20-18/h2-10H,1H3,(H,22,24)(H2,20,21,23,25,26). The van der Waals surface area contributed by atoms with Gasteiger partial charge in [0.2, 0.25) is 0 Å². The predicted molar refractivity (Wildman–Crippen MR) is 103 cm³/mol. The Kier molecular flexibility index (Phi) is 3.75. The Balaban J connectivity index is 1.62. The van der Waals surface area contributed by atoms with Crippen molar-refractivity contribution < 1.29 is 9.15 Å². The van der Waals surface area contributed by atoms with Crippen LogP contribution in [0, 0.1) is 0 Å². The maximum absolute atomic E-state index is 5.52. The van der Waals surface area contributed by atoms with Crippen LogP contribution in [0.3, 0.4) is 0 Å². The summed E-state index contributed by atoms with van der Waals surface area (Å²) in [4.78, 5) is 8.67. The van der Waals surface area contributed by atoms with Gasteiger partial charge in [0, 0.05) is 11.8 Å². The zero-order chi connectivity index (χ0) is 18.9. The summed E-state index contributed by atoms with van der Waals surface area (Å²) in [7, 11) is 1.63. The largest absolute Gasteiger partial charge is 0.495 e. The van der Waals surface area contributed by atoms with Crippen LogP contribution in [0.4, 0.5) is 11.5 Å². The zero-order valence-corrected chi connectivity index (χ0v) is 14.8. The first-order valence-electron chi connectivity index (χ1n) is 8.50. The van der Waals surface area contributed by atoms with Crippen molar-refractivity contribution in [3.63, 3.8) is 0 Å². The molecule has 1 aromatic carbocycles. The quantitative estimate of drug-likeness (QED) is 0.429. The molecule has 0 aliphatic heterocycles. The van der Waals surface area contributed by atoms with Gasteiger partial charge in [-0.15, -0.1) is 0 Å². The van der Waals surface area contributed by atoms with Crippen LogP contribution in [0.15, 0.2) is 59.8 Å². The van der Waals surface area contributed by atoms with Crippen molar-refractivity contribution >= 4 is 22.5 Å². The highest BCUT2D eigenvalue weighted by Gasteiger charge is 2.17. The topological polar surface area (TPSA) is 118 Å². The van der Waals surface area contributed by atoms with Crippen molar-refractivity contribution in [1.29, 1.82) is 0 Å². The van der Waals surface area contributed by atoms with E-state index < -0.39 is 0 Å². The van der Waals surface area contributed by atoms with Crippen LogP contribution in [-0.2, 0) is 0 Å². The first-order chi connectivity index (χ1) is 13.8. The Morgan fingerprint density at radius 3 is 2.82 bits per heavy atom. The third-order valence-corrected chi connectivity index (χ3v) is 4.43. The van der Waals surface area contributed by atoms with E-state index in [1.165, 1.54) is 6.33 Å². The number of nitrogens with one attached hydrogen (secondary N) is 3. The van der Waals surface area contributed by atoms with Gasteiger partial charge >= 0.3 is 0 Å². The van der Waals surface area contributed by atoms with E-state index in [1.807, 2.05) is 30.3 Å². The fraction of sp³-hybridized carbons (Fsp3) is 0.0526. The highest BCUT2D eigenvalue weighted by molar-refractivity contribution is 5.99. The smallest absolute Gasteiger partial charge is 0.186 e. The molecule has 4 heterocycles. The molecule has 0 aliphatic rings. The molecule has 5 rings (SSSR count). The third-order valence-electron chi connectivity index (χ3n) is 4.43. The van der Waals surface area contributed by atoms with Gasteiger partial charge in [0.05, 0.1) is 42.1 Å². The van der Waals surface area contributed by atoms with Crippen molar-refractivity contribution in [2.75, 3.05) is 12.4 Å². The molecule has 9 heteroatoms. The maximum Gasteiger partial charge on any atom is 0.186 e. The number of aromatic nitrogens is 6. The summed E-state index contributed by atoms with van der Waals surface area (Å²) in [5.74, 6) is 1.29. The molecule has 0 saturated carbocycles. The minimum atomic E-state index is 0.548. The van der Waals surface area contributed by atoms with Crippen LogP contribution in [0.25, 0.3) is 33.5 Å². The molecule has 0 radical (unpaired) electrons. The molecule has 0 fully saturated rings. The van der Waals surface area contributed by atoms with Gasteiger partial charge in [-0.25, -0.2) is 9.97 Å². The van der Waals surface area contributed by atoms with Crippen LogP contribution >= 0.6 is 0 Å². The van der Waals surface area contributed by atoms with Gasteiger partial charge in [0.15, 0.2) is 5.65 Å². The number of furan rings is 1. The van der Waals surface area contributed by atoms with Crippen LogP contribution < -0.4 is 10.1 Å². The fourth-order valence-electron chi connectivity index (χ4n) is 3.08. The number of fused-ring (bicyclic) bond motifs is 1. The fourth-order valence-corrected chi connectivity index (χ4v) is 3.08. The Morgan fingerprint density at radius 1 is 1.07 bits per heavy atom. The number of ether oxygens (including phenoxy) is 1. The van der Waals surface area contributed by atoms with Crippen molar-refractivity contribution in [1.82, 2.24) is 30.4 Å². The maximum atomic E-state index is 5.52. The molecule has 0 bridgehead atoms. The number of hydrogen-bond acceptors (Lipinski definition) is 7. The SMILES string of the molecule is COc1ccc(-c2ccoc2)cc1Nc1ncnc2n[nH]c(-c3ccn[nH]3)c12. The monoisotopic (exact) mass is 373 g/mol. The lowest BCUT2D eigenvalue weighted by molar-refractivity contribution is 0.417. The average Bonchev–Trinajstić information content (AvgIpc) is 3.49. The molecule has 0 saturated heterocycles. The van der Waals surface area contributed by atoms with E-state index in [2.05, 4.69) is 35.7 Å². The molecular weight excluding hydrogens is 358 g/mol. The second-order valence-corrected chi connectivity index (χ2v) is 6.04. The summed E-state index contributed by atoms with van der Waals surface area (Å²) >= 11 is 0. The Morgan fingerprint density at radius 2 is 2.04 bits per heavy atom. The van der Waals surface area contributed by atoms with Crippen LogP contribution in [0.5, 0.6) is 5.75 Å². The molecular formula is C19H15N7O2. The molecule has 9 nitrogen and oxygen atoms in total. The first-order valence-corrected chi connectivity index (χ1v) is 8.50. The van der Waals surface area contributed by atoms with E-state index >= 15 is 0 Å². The molecule has 0 aliphatic carbocycles. The van der Waals surface area contributed by atoms with Crippen LogP contribution in [-0.4, -0.2) is 37.5 Å². The third kappa shape index (κ3) is 2.65. The molecule has 0 atom stereocenters. The van der Waals surface area contributed by atoms with Gasteiger partial charge in [-0.1, -0.05) is 6.07 Å². The predicted octanol–water partition coefficient (Wildman–Crippen LogP) is 3.76. The Hall–Kier alpha value is -4.14. The number of anilines is 2. The molecule has 28 heavy (non-hydrogen) atoms. The second kappa shape index (κ2) is 6.54. The summed E-state index contributed by atoms with van der Waals surface area (Å²) in [6, 6.07) is 9.60. The van der Waals surface area contributed by atoms with E-state index in [4.69, 9.17) is 9.15 Å². The number of nitrogens with zero attached hydrogens (tertiary/aromatic N) is 4. The summed E-state index contributed by atoms with van der Waals surface area (Å²) in [5.41, 5.74) is 4.81. The lowest BCUT2D eigenvalue weighted by Crippen LogP contribution is -1.99. The minimum Gasteiger partial charge on any atom is -0.495 e.